The van der Waals surface area contributed by atoms with Crippen LogP contribution in [0.25, 0.3) is 0 Å². The van der Waals surface area contributed by atoms with Crippen LogP contribution in [-0.2, 0) is 4.74 Å². The van der Waals surface area contributed by atoms with Gasteiger partial charge in [0.25, 0.3) is 0 Å². The van der Waals surface area contributed by atoms with Gasteiger partial charge in [0.05, 0.1) is 25.8 Å². The molecule has 1 aliphatic rings. The highest BCUT2D eigenvalue weighted by Gasteiger charge is 2.25. The van der Waals surface area contributed by atoms with Crippen molar-refractivity contribution in [2.45, 2.75) is 13.0 Å². The summed E-state index contributed by atoms with van der Waals surface area (Å²) in [6, 6.07) is 13.2. The zero-order valence-electron chi connectivity index (χ0n) is 15.6. The van der Waals surface area contributed by atoms with E-state index in [2.05, 4.69) is 15.5 Å². The van der Waals surface area contributed by atoms with Gasteiger partial charge in [0.2, 0.25) is 0 Å². The lowest BCUT2D eigenvalue weighted by Crippen LogP contribution is -2.46. The van der Waals surface area contributed by atoms with Crippen molar-refractivity contribution in [3.05, 3.63) is 54.0 Å². The molecule has 0 spiro atoms. The molecule has 146 valence electrons. The maximum absolute atomic E-state index is 12.1. The molecule has 27 heavy (non-hydrogen) atoms. The van der Waals surface area contributed by atoms with Crippen LogP contribution in [0.1, 0.15) is 17.6 Å². The van der Waals surface area contributed by atoms with Gasteiger partial charge in [-0.05, 0) is 31.2 Å². The fourth-order valence-corrected chi connectivity index (χ4v) is 3.03. The minimum atomic E-state index is -0.215. The van der Waals surface area contributed by atoms with Gasteiger partial charge in [-0.3, -0.25) is 4.90 Å². The monoisotopic (exact) mass is 373 g/mol. The molecule has 1 unspecified atom stereocenters. The fraction of sp³-hybridized carbons (Fsp3) is 0.450. The summed E-state index contributed by atoms with van der Waals surface area (Å²) >= 11 is 0. The van der Waals surface area contributed by atoms with E-state index in [1.54, 1.807) is 0 Å². The maximum Gasteiger partial charge on any atom is 0.314 e. The van der Waals surface area contributed by atoms with E-state index in [1.165, 1.54) is 0 Å². The average molecular weight is 373 g/mol. The molecule has 7 heteroatoms. The number of nitrogens with zero attached hydrogens (tertiary/aromatic N) is 1. The summed E-state index contributed by atoms with van der Waals surface area (Å²) in [6.45, 7) is 6.27. The maximum atomic E-state index is 12.1. The number of carbonyl (C=O) groups excluding carboxylic acids is 1. The van der Waals surface area contributed by atoms with Crippen LogP contribution >= 0.6 is 0 Å². The SMILES string of the molecule is Cc1ccc(C(CNC(=O)NCCOc2ccccc2)N2CCOCC2)o1. The molecule has 0 radical (unpaired) electrons. The van der Waals surface area contributed by atoms with E-state index in [0.29, 0.717) is 32.9 Å². The van der Waals surface area contributed by atoms with E-state index in [1.807, 2.05) is 49.4 Å². The van der Waals surface area contributed by atoms with Crippen LogP contribution in [0.4, 0.5) is 4.79 Å². The molecule has 2 N–H and O–H groups in total. The summed E-state index contributed by atoms with van der Waals surface area (Å²) in [4.78, 5) is 14.4. The first kappa shape index (κ1) is 19.3. The molecule has 2 amide bonds. The second-order valence-corrected chi connectivity index (χ2v) is 6.41. The molecule has 1 atom stereocenters. The minimum absolute atomic E-state index is 0.00563. The number of amides is 2. The Bertz CT molecular complexity index is 698. The Kier molecular flexibility index (Phi) is 7.12. The van der Waals surface area contributed by atoms with Gasteiger partial charge in [-0.1, -0.05) is 18.2 Å². The zero-order valence-corrected chi connectivity index (χ0v) is 15.6. The first-order valence-corrected chi connectivity index (χ1v) is 9.30. The zero-order chi connectivity index (χ0) is 18.9. The first-order chi connectivity index (χ1) is 13.2. The van der Waals surface area contributed by atoms with Crippen molar-refractivity contribution in [3.63, 3.8) is 0 Å². The number of nitrogens with one attached hydrogen (secondary N) is 2. The van der Waals surface area contributed by atoms with Crippen LogP contribution in [0.2, 0.25) is 0 Å². The number of para-hydroxylation sites is 1. The van der Waals surface area contributed by atoms with E-state index >= 15 is 0 Å². The lowest BCUT2D eigenvalue weighted by Gasteiger charge is -2.33. The standard InChI is InChI=1S/C20H27N3O4/c1-16-7-8-19(27-16)18(23-10-13-25-14-11-23)15-22-20(24)21-9-12-26-17-5-3-2-4-6-17/h2-8,18H,9-15H2,1H3,(H2,21,22,24). The number of ether oxygens (including phenoxy) is 2. The topological polar surface area (TPSA) is 76.0 Å². The molecule has 1 aromatic heterocycles. The molecule has 3 rings (SSSR count). The molecule has 0 saturated carbocycles. The molecule has 7 nitrogen and oxygen atoms in total. The molecule has 0 aliphatic carbocycles. The summed E-state index contributed by atoms with van der Waals surface area (Å²) < 4.78 is 16.8. The number of morpholine rings is 1. The summed E-state index contributed by atoms with van der Waals surface area (Å²) in [6.07, 6.45) is 0. The Balaban J connectivity index is 1.44. The molecule has 1 aromatic carbocycles. The largest absolute Gasteiger partial charge is 0.492 e. The Morgan fingerprint density at radius 3 is 2.63 bits per heavy atom. The highest BCUT2D eigenvalue weighted by molar-refractivity contribution is 5.73. The van der Waals surface area contributed by atoms with Crippen molar-refractivity contribution in [2.24, 2.45) is 0 Å². The molecular weight excluding hydrogens is 346 g/mol. The smallest absolute Gasteiger partial charge is 0.314 e. The summed E-state index contributed by atoms with van der Waals surface area (Å²) in [5.74, 6) is 2.52. The van der Waals surface area contributed by atoms with Crippen LogP contribution in [0.5, 0.6) is 5.75 Å². The number of furan rings is 1. The van der Waals surface area contributed by atoms with E-state index in [9.17, 15) is 4.79 Å². The summed E-state index contributed by atoms with van der Waals surface area (Å²) in [7, 11) is 0. The first-order valence-electron chi connectivity index (χ1n) is 9.30. The van der Waals surface area contributed by atoms with E-state index < -0.39 is 0 Å². The van der Waals surface area contributed by atoms with Crippen molar-refractivity contribution in [1.29, 1.82) is 0 Å². The molecule has 1 fully saturated rings. The predicted octanol–water partition coefficient (Wildman–Crippen LogP) is 2.34. The third-order valence-corrected chi connectivity index (χ3v) is 4.43. The molecule has 1 aliphatic heterocycles. The third-order valence-electron chi connectivity index (χ3n) is 4.43. The van der Waals surface area contributed by atoms with Crippen molar-refractivity contribution >= 4 is 6.03 Å². The molecule has 2 heterocycles. The van der Waals surface area contributed by atoms with Gasteiger partial charge in [-0.15, -0.1) is 0 Å². The van der Waals surface area contributed by atoms with E-state index in [-0.39, 0.29) is 12.1 Å². The summed E-state index contributed by atoms with van der Waals surface area (Å²) in [5, 5.41) is 5.76. The van der Waals surface area contributed by atoms with Gasteiger partial charge < -0.3 is 24.5 Å². The van der Waals surface area contributed by atoms with Crippen LogP contribution in [0.15, 0.2) is 46.9 Å². The Morgan fingerprint density at radius 1 is 1.15 bits per heavy atom. The lowest BCUT2D eigenvalue weighted by atomic mass is 10.1. The fourth-order valence-electron chi connectivity index (χ4n) is 3.03. The van der Waals surface area contributed by atoms with Crippen LogP contribution in [0, 0.1) is 6.92 Å². The highest BCUT2D eigenvalue weighted by Crippen LogP contribution is 2.23. The van der Waals surface area contributed by atoms with Gasteiger partial charge in [-0.25, -0.2) is 4.79 Å². The molecular formula is C20H27N3O4. The number of hydrogen-bond donors (Lipinski definition) is 2. The minimum Gasteiger partial charge on any atom is -0.492 e. The number of rotatable bonds is 8. The van der Waals surface area contributed by atoms with Gasteiger partial charge in [0.15, 0.2) is 0 Å². The lowest BCUT2D eigenvalue weighted by molar-refractivity contribution is 0.0121. The molecule has 1 saturated heterocycles. The van der Waals surface area contributed by atoms with Crippen LogP contribution in [0.3, 0.4) is 0 Å². The number of hydrogen-bond acceptors (Lipinski definition) is 5. The Hall–Kier alpha value is -2.51. The predicted molar refractivity (Wildman–Crippen MR) is 102 cm³/mol. The number of urea groups is 1. The third kappa shape index (κ3) is 6.01. The average Bonchev–Trinajstić information content (AvgIpc) is 3.13. The van der Waals surface area contributed by atoms with Gasteiger partial charge in [0, 0.05) is 19.6 Å². The van der Waals surface area contributed by atoms with Crippen LogP contribution in [-0.4, -0.2) is 56.9 Å². The van der Waals surface area contributed by atoms with Gasteiger partial charge in [-0.2, -0.15) is 0 Å². The van der Waals surface area contributed by atoms with E-state index in [0.717, 1.165) is 30.4 Å². The summed E-state index contributed by atoms with van der Waals surface area (Å²) in [5.41, 5.74) is 0. The van der Waals surface area contributed by atoms with Crippen molar-refractivity contribution in [1.82, 2.24) is 15.5 Å². The van der Waals surface area contributed by atoms with Crippen molar-refractivity contribution < 1.29 is 18.7 Å². The Morgan fingerprint density at radius 2 is 1.93 bits per heavy atom. The van der Waals surface area contributed by atoms with Crippen molar-refractivity contribution in [2.75, 3.05) is 46.0 Å². The normalized spacial score (nSPS) is 15.9. The molecule has 0 bridgehead atoms. The number of carbonyl (C=O) groups is 1. The highest BCUT2D eigenvalue weighted by atomic mass is 16.5. The number of benzene rings is 1. The van der Waals surface area contributed by atoms with Gasteiger partial charge in [0.1, 0.15) is 23.9 Å². The van der Waals surface area contributed by atoms with Crippen LogP contribution < -0.4 is 15.4 Å². The second-order valence-electron chi connectivity index (χ2n) is 6.41. The van der Waals surface area contributed by atoms with Crippen molar-refractivity contribution in [3.8, 4) is 5.75 Å². The second kappa shape index (κ2) is 9.99. The molecule has 2 aromatic rings. The Labute approximate surface area is 159 Å². The quantitative estimate of drug-likeness (QED) is 0.695. The van der Waals surface area contributed by atoms with Gasteiger partial charge >= 0.3 is 6.03 Å². The number of aryl methyl sites for hydroxylation is 1. The van der Waals surface area contributed by atoms with E-state index in [4.69, 9.17) is 13.9 Å².